The second-order valence-electron chi connectivity index (χ2n) is 4.17. The molecule has 8 nitrogen and oxygen atoms in total. The van der Waals surface area contributed by atoms with Gasteiger partial charge in [-0.05, 0) is 6.42 Å². The smallest absolute Gasteiger partial charge is 0.360 e. The summed E-state index contributed by atoms with van der Waals surface area (Å²) in [6.45, 7) is 5.11. The molecule has 0 N–H and O–H groups in total. The first kappa shape index (κ1) is 17.5. The maximum Gasteiger partial charge on any atom is 0.360 e. The maximum absolute atomic E-state index is 11.5. The van der Waals surface area contributed by atoms with E-state index in [1.807, 2.05) is 6.92 Å². The van der Waals surface area contributed by atoms with E-state index in [0.717, 1.165) is 5.69 Å². The maximum atomic E-state index is 11.5. The molecule has 0 saturated carbocycles. The molecule has 0 atom stereocenters. The Morgan fingerprint density at radius 2 is 1.76 bits per heavy atom. The zero-order valence-electron chi connectivity index (χ0n) is 12.8. The Hall–Kier alpha value is -1.51. The van der Waals surface area contributed by atoms with Gasteiger partial charge in [-0.2, -0.15) is 0 Å². The van der Waals surface area contributed by atoms with E-state index in [0.29, 0.717) is 46.0 Å². The Balaban J connectivity index is 2.29. The first-order chi connectivity index (χ1) is 10.2. The van der Waals surface area contributed by atoms with Crippen LogP contribution in [0.5, 0.6) is 0 Å². The summed E-state index contributed by atoms with van der Waals surface area (Å²) in [7, 11) is 2.96. The van der Waals surface area contributed by atoms with E-state index >= 15 is 0 Å². The van der Waals surface area contributed by atoms with E-state index in [1.165, 1.54) is 7.11 Å². The normalized spacial score (nSPS) is 10.8. The standard InChI is InChI=1S/C13H23N3O5/c1-4-11-12(13(17)19-3)14-15-16(11)5-6-20-9-10-21-8-7-18-2/h4-10H2,1-3H3. The summed E-state index contributed by atoms with van der Waals surface area (Å²) in [5.74, 6) is -0.467. The summed E-state index contributed by atoms with van der Waals surface area (Å²) >= 11 is 0. The predicted octanol–water partition coefficient (Wildman–Crippen LogP) is 0.307. The van der Waals surface area contributed by atoms with Crippen LogP contribution in [0.1, 0.15) is 23.1 Å². The van der Waals surface area contributed by atoms with Crippen molar-refractivity contribution in [3.8, 4) is 0 Å². The van der Waals surface area contributed by atoms with Crippen molar-refractivity contribution >= 4 is 5.97 Å². The lowest BCUT2D eigenvalue weighted by atomic mass is 10.2. The lowest BCUT2D eigenvalue weighted by Crippen LogP contribution is -2.14. The zero-order valence-corrected chi connectivity index (χ0v) is 12.8. The van der Waals surface area contributed by atoms with E-state index in [4.69, 9.17) is 14.2 Å². The Morgan fingerprint density at radius 3 is 2.38 bits per heavy atom. The summed E-state index contributed by atoms with van der Waals surface area (Å²) in [4.78, 5) is 11.5. The van der Waals surface area contributed by atoms with Gasteiger partial charge in [0.15, 0.2) is 5.69 Å². The number of rotatable bonds is 11. The van der Waals surface area contributed by atoms with Crippen molar-refractivity contribution < 1.29 is 23.7 Å². The van der Waals surface area contributed by atoms with Gasteiger partial charge in [0.2, 0.25) is 0 Å². The third-order valence-corrected chi connectivity index (χ3v) is 2.80. The van der Waals surface area contributed by atoms with Crippen molar-refractivity contribution in [2.45, 2.75) is 19.9 Å². The van der Waals surface area contributed by atoms with E-state index in [-0.39, 0.29) is 5.69 Å². The first-order valence-electron chi connectivity index (χ1n) is 6.89. The average Bonchev–Trinajstić information content (AvgIpc) is 2.92. The van der Waals surface area contributed by atoms with Gasteiger partial charge in [-0.15, -0.1) is 5.10 Å². The number of ether oxygens (including phenoxy) is 4. The molecule has 0 aliphatic carbocycles. The molecule has 1 aromatic rings. The van der Waals surface area contributed by atoms with Crippen molar-refractivity contribution in [3.05, 3.63) is 11.4 Å². The van der Waals surface area contributed by atoms with Crippen molar-refractivity contribution in [1.82, 2.24) is 15.0 Å². The fourth-order valence-electron chi connectivity index (χ4n) is 1.73. The molecular formula is C13H23N3O5. The van der Waals surface area contributed by atoms with Gasteiger partial charge in [0.25, 0.3) is 0 Å². The van der Waals surface area contributed by atoms with Crippen LogP contribution in [-0.2, 0) is 31.9 Å². The fraction of sp³-hybridized carbons (Fsp3) is 0.769. The van der Waals surface area contributed by atoms with Gasteiger partial charge in [0.05, 0.1) is 52.4 Å². The summed E-state index contributed by atoms with van der Waals surface area (Å²) in [6, 6.07) is 0. The van der Waals surface area contributed by atoms with Gasteiger partial charge in [-0.25, -0.2) is 9.48 Å². The van der Waals surface area contributed by atoms with Gasteiger partial charge in [-0.1, -0.05) is 12.1 Å². The number of methoxy groups -OCH3 is 2. The van der Waals surface area contributed by atoms with Crippen LogP contribution in [0.3, 0.4) is 0 Å². The minimum absolute atomic E-state index is 0.267. The molecular weight excluding hydrogens is 278 g/mol. The average molecular weight is 301 g/mol. The number of carbonyl (C=O) groups is 1. The third kappa shape index (κ3) is 5.78. The largest absolute Gasteiger partial charge is 0.464 e. The molecule has 0 amide bonds. The molecule has 0 unspecified atom stereocenters. The molecule has 1 rings (SSSR count). The molecule has 21 heavy (non-hydrogen) atoms. The summed E-state index contributed by atoms with van der Waals surface area (Å²) in [5.41, 5.74) is 1.02. The van der Waals surface area contributed by atoms with Gasteiger partial charge < -0.3 is 18.9 Å². The monoisotopic (exact) mass is 301 g/mol. The molecule has 0 spiro atoms. The van der Waals surface area contributed by atoms with Crippen LogP contribution in [0.15, 0.2) is 0 Å². The minimum Gasteiger partial charge on any atom is -0.464 e. The van der Waals surface area contributed by atoms with Gasteiger partial charge in [-0.3, -0.25) is 0 Å². The molecule has 0 bridgehead atoms. The van der Waals surface area contributed by atoms with Crippen LogP contribution >= 0.6 is 0 Å². The minimum atomic E-state index is -0.467. The highest BCUT2D eigenvalue weighted by Gasteiger charge is 2.18. The molecule has 0 radical (unpaired) electrons. The number of esters is 1. The van der Waals surface area contributed by atoms with Crippen LogP contribution in [0.2, 0.25) is 0 Å². The highest BCUT2D eigenvalue weighted by atomic mass is 16.5. The van der Waals surface area contributed by atoms with Crippen LogP contribution in [0.25, 0.3) is 0 Å². The topological polar surface area (TPSA) is 84.7 Å². The van der Waals surface area contributed by atoms with E-state index in [1.54, 1.807) is 11.8 Å². The summed E-state index contributed by atoms with van der Waals surface area (Å²) < 4.78 is 21.9. The summed E-state index contributed by atoms with van der Waals surface area (Å²) in [5, 5.41) is 7.80. The van der Waals surface area contributed by atoms with E-state index in [9.17, 15) is 4.79 Å². The lowest BCUT2D eigenvalue weighted by Gasteiger charge is -2.07. The third-order valence-electron chi connectivity index (χ3n) is 2.80. The summed E-state index contributed by atoms with van der Waals surface area (Å²) in [6.07, 6.45) is 0.650. The molecule has 0 saturated heterocycles. The SMILES string of the molecule is CCc1c(C(=O)OC)nnn1CCOCCOCCOC. The number of hydrogen-bond acceptors (Lipinski definition) is 7. The van der Waals surface area contributed by atoms with E-state index < -0.39 is 5.97 Å². The number of aromatic nitrogens is 3. The Kier molecular flexibility index (Phi) is 8.56. The van der Waals surface area contributed by atoms with Gasteiger partial charge >= 0.3 is 5.97 Å². The quantitative estimate of drug-likeness (QED) is 0.429. The predicted molar refractivity (Wildman–Crippen MR) is 74.3 cm³/mol. The molecule has 8 heteroatoms. The van der Waals surface area contributed by atoms with Crippen LogP contribution in [0.4, 0.5) is 0 Å². The highest BCUT2D eigenvalue weighted by Crippen LogP contribution is 2.07. The molecule has 0 fully saturated rings. The number of carbonyl (C=O) groups excluding carboxylic acids is 1. The number of nitrogens with zero attached hydrogens (tertiary/aromatic N) is 3. The van der Waals surface area contributed by atoms with Crippen LogP contribution in [0, 0.1) is 0 Å². The Morgan fingerprint density at radius 1 is 1.10 bits per heavy atom. The zero-order chi connectivity index (χ0) is 15.5. The van der Waals surface area contributed by atoms with Crippen molar-refractivity contribution in [1.29, 1.82) is 0 Å². The fourth-order valence-corrected chi connectivity index (χ4v) is 1.73. The van der Waals surface area contributed by atoms with Crippen LogP contribution in [-0.4, -0.2) is 68.2 Å². The second kappa shape index (κ2) is 10.3. The Labute approximate surface area is 124 Å². The van der Waals surface area contributed by atoms with E-state index in [2.05, 4.69) is 15.0 Å². The van der Waals surface area contributed by atoms with Crippen LogP contribution < -0.4 is 0 Å². The molecule has 0 aromatic carbocycles. The molecule has 1 heterocycles. The van der Waals surface area contributed by atoms with Gasteiger partial charge in [0, 0.05) is 7.11 Å². The molecule has 1 aromatic heterocycles. The Bertz CT molecular complexity index is 422. The number of hydrogen-bond donors (Lipinski definition) is 0. The molecule has 0 aliphatic heterocycles. The first-order valence-corrected chi connectivity index (χ1v) is 6.89. The highest BCUT2D eigenvalue weighted by molar-refractivity contribution is 5.88. The van der Waals surface area contributed by atoms with Gasteiger partial charge in [0.1, 0.15) is 0 Å². The molecule has 0 aliphatic rings. The lowest BCUT2D eigenvalue weighted by molar-refractivity contribution is 0.0223. The second-order valence-corrected chi connectivity index (χ2v) is 4.17. The van der Waals surface area contributed by atoms with Crippen molar-refractivity contribution in [2.75, 3.05) is 47.3 Å². The van der Waals surface area contributed by atoms with Crippen molar-refractivity contribution in [3.63, 3.8) is 0 Å². The molecule has 120 valence electrons. The van der Waals surface area contributed by atoms with Crippen molar-refractivity contribution in [2.24, 2.45) is 0 Å².